The van der Waals surface area contributed by atoms with Crippen molar-refractivity contribution in [2.75, 3.05) is 25.1 Å². The minimum Gasteiger partial charge on any atom is -0.478 e. The highest BCUT2D eigenvalue weighted by molar-refractivity contribution is 6.33. The Labute approximate surface area is 121 Å². The van der Waals surface area contributed by atoms with E-state index in [1.165, 1.54) is 18.2 Å². The molecule has 0 radical (unpaired) electrons. The van der Waals surface area contributed by atoms with Gasteiger partial charge in [-0.05, 0) is 24.6 Å². The molecule has 0 spiro atoms. The molecule has 1 fully saturated rings. The fourth-order valence-corrected chi connectivity index (χ4v) is 2.18. The van der Waals surface area contributed by atoms with E-state index < -0.39 is 5.97 Å². The number of benzene rings is 1. The standard InChI is InChI=1S/C13H15ClN2O4/c14-11-5-9(1-2-10(11)12(17)18)16-13(19)15-6-8-3-4-20-7-8/h1-2,5,8H,3-4,6-7H2,(H,17,18)(H2,15,16,19). The van der Waals surface area contributed by atoms with Crippen LogP contribution in [0.1, 0.15) is 16.8 Å². The van der Waals surface area contributed by atoms with E-state index in [0.29, 0.717) is 24.8 Å². The van der Waals surface area contributed by atoms with Gasteiger partial charge in [0.05, 0.1) is 17.2 Å². The Hall–Kier alpha value is -1.79. The molecule has 7 heteroatoms. The van der Waals surface area contributed by atoms with Crippen molar-refractivity contribution in [2.24, 2.45) is 5.92 Å². The van der Waals surface area contributed by atoms with E-state index in [0.717, 1.165) is 13.0 Å². The van der Waals surface area contributed by atoms with E-state index in [4.69, 9.17) is 21.4 Å². The van der Waals surface area contributed by atoms with Crippen molar-refractivity contribution >= 4 is 29.3 Å². The minimum atomic E-state index is -1.10. The van der Waals surface area contributed by atoms with Gasteiger partial charge in [-0.25, -0.2) is 9.59 Å². The van der Waals surface area contributed by atoms with Crippen LogP contribution >= 0.6 is 11.6 Å². The fourth-order valence-electron chi connectivity index (χ4n) is 1.92. The van der Waals surface area contributed by atoms with Crippen molar-refractivity contribution < 1.29 is 19.4 Å². The maximum absolute atomic E-state index is 11.7. The second kappa shape index (κ2) is 6.58. The third-order valence-corrected chi connectivity index (χ3v) is 3.35. The number of halogens is 1. The Kier molecular flexibility index (Phi) is 4.81. The van der Waals surface area contributed by atoms with E-state index in [1.807, 2.05) is 0 Å². The lowest BCUT2D eigenvalue weighted by atomic mass is 10.1. The van der Waals surface area contributed by atoms with Crippen LogP contribution in [0.25, 0.3) is 0 Å². The van der Waals surface area contributed by atoms with E-state index in [-0.39, 0.29) is 16.6 Å². The summed E-state index contributed by atoms with van der Waals surface area (Å²) in [5.41, 5.74) is 0.445. The van der Waals surface area contributed by atoms with Gasteiger partial charge < -0.3 is 20.5 Å². The lowest BCUT2D eigenvalue weighted by molar-refractivity contribution is 0.0697. The molecule has 1 heterocycles. The van der Waals surface area contributed by atoms with Crippen LogP contribution in [0, 0.1) is 5.92 Å². The fraction of sp³-hybridized carbons (Fsp3) is 0.385. The van der Waals surface area contributed by atoms with Gasteiger partial charge in [0.1, 0.15) is 0 Å². The molecule has 1 aliphatic heterocycles. The van der Waals surface area contributed by atoms with E-state index in [9.17, 15) is 9.59 Å². The Morgan fingerprint density at radius 1 is 1.45 bits per heavy atom. The minimum absolute atomic E-state index is 0.000675. The smallest absolute Gasteiger partial charge is 0.337 e. The zero-order chi connectivity index (χ0) is 14.5. The number of carboxylic acid groups (broad SMARTS) is 1. The molecule has 20 heavy (non-hydrogen) atoms. The van der Waals surface area contributed by atoms with Crippen LogP contribution in [0.3, 0.4) is 0 Å². The van der Waals surface area contributed by atoms with E-state index in [1.54, 1.807) is 0 Å². The number of carbonyl (C=O) groups is 2. The molecule has 1 saturated heterocycles. The predicted octanol–water partition coefficient (Wildman–Crippen LogP) is 2.20. The number of rotatable bonds is 4. The second-order valence-electron chi connectivity index (χ2n) is 4.56. The summed E-state index contributed by atoms with van der Waals surface area (Å²) >= 11 is 5.82. The molecule has 1 aromatic carbocycles. The molecule has 1 unspecified atom stereocenters. The Balaban J connectivity index is 1.87. The quantitative estimate of drug-likeness (QED) is 0.795. The average molecular weight is 299 g/mol. The normalized spacial score (nSPS) is 17.8. The van der Waals surface area contributed by atoms with Crippen LogP contribution in [0.2, 0.25) is 5.02 Å². The molecule has 3 N–H and O–H groups in total. The highest BCUT2D eigenvalue weighted by Crippen LogP contribution is 2.21. The highest BCUT2D eigenvalue weighted by Gasteiger charge is 2.16. The van der Waals surface area contributed by atoms with Gasteiger partial charge in [0.25, 0.3) is 0 Å². The summed E-state index contributed by atoms with van der Waals surface area (Å²) in [6.07, 6.45) is 0.944. The predicted molar refractivity (Wildman–Crippen MR) is 74.4 cm³/mol. The summed E-state index contributed by atoms with van der Waals surface area (Å²) in [4.78, 5) is 22.5. The third-order valence-electron chi connectivity index (χ3n) is 3.03. The van der Waals surface area contributed by atoms with Crippen LogP contribution in [0.5, 0.6) is 0 Å². The van der Waals surface area contributed by atoms with E-state index >= 15 is 0 Å². The molecule has 1 atom stereocenters. The van der Waals surface area contributed by atoms with Gasteiger partial charge in [-0.3, -0.25) is 0 Å². The summed E-state index contributed by atoms with van der Waals surface area (Å²) in [5, 5.41) is 14.3. The van der Waals surface area contributed by atoms with Gasteiger partial charge in [-0.15, -0.1) is 0 Å². The first kappa shape index (κ1) is 14.6. The number of ether oxygens (including phenoxy) is 1. The molecule has 108 valence electrons. The summed E-state index contributed by atoms with van der Waals surface area (Å²) in [7, 11) is 0. The van der Waals surface area contributed by atoms with Crippen LogP contribution in [0.15, 0.2) is 18.2 Å². The van der Waals surface area contributed by atoms with Crippen LogP contribution in [-0.2, 0) is 4.74 Å². The van der Waals surface area contributed by atoms with Crippen molar-refractivity contribution in [3.8, 4) is 0 Å². The summed E-state index contributed by atoms with van der Waals surface area (Å²) in [5.74, 6) is -0.758. The molecular weight excluding hydrogens is 284 g/mol. The zero-order valence-electron chi connectivity index (χ0n) is 10.7. The molecule has 2 rings (SSSR count). The number of aromatic carboxylic acids is 1. The maximum atomic E-state index is 11.7. The number of hydrogen-bond acceptors (Lipinski definition) is 3. The Bertz CT molecular complexity index is 515. The van der Waals surface area contributed by atoms with Gasteiger partial charge in [0.2, 0.25) is 0 Å². The second-order valence-corrected chi connectivity index (χ2v) is 4.97. The van der Waals surface area contributed by atoms with Crippen LogP contribution in [-0.4, -0.2) is 36.9 Å². The molecule has 6 nitrogen and oxygen atoms in total. The summed E-state index contributed by atoms with van der Waals surface area (Å²) in [6, 6.07) is 3.90. The zero-order valence-corrected chi connectivity index (χ0v) is 11.4. The molecule has 0 aliphatic carbocycles. The van der Waals surface area contributed by atoms with Crippen molar-refractivity contribution in [1.82, 2.24) is 5.32 Å². The SMILES string of the molecule is O=C(NCC1CCOC1)Nc1ccc(C(=O)O)c(Cl)c1. The number of carboxylic acids is 1. The van der Waals surface area contributed by atoms with Gasteiger partial charge in [-0.2, -0.15) is 0 Å². The molecular formula is C13H15ClN2O4. The van der Waals surface area contributed by atoms with Crippen molar-refractivity contribution in [2.45, 2.75) is 6.42 Å². The Morgan fingerprint density at radius 3 is 2.85 bits per heavy atom. The maximum Gasteiger partial charge on any atom is 0.337 e. The summed E-state index contributed by atoms with van der Waals surface area (Å²) < 4.78 is 5.21. The molecule has 0 aromatic heterocycles. The molecule has 1 aliphatic rings. The lowest BCUT2D eigenvalue weighted by Crippen LogP contribution is -2.33. The van der Waals surface area contributed by atoms with E-state index in [2.05, 4.69) is 10.6 Å². The Morgan fingerprint density at radius 2 is 2.25 bits per heavy atom. The number of anilines is 1. The average Bonchev–Trinajstić information content (AvgIpc) is 2.89. The highest BCUT2D eigenvalue weighted by atomic mass is 35.5. The summed E-state index contributed by atoms with van der Waals surface area (Å²) in [6.45, 7) is 1.95. The van der Waals surface area contributed by atoms with Gasteiger partial charge >= 0.3 is 12.0 Å². The molecule has 2 amide bonds. The number of amides is 2. The van der Waals surface area contributed by atoms with Crippen molar-refractivity contribution in [3.05, 3.63) is 28.8 Å². The van der Waals surface area contributed by atoms with Crippen molar-refractivity contribution in [1.29, 1.82) is 0 Å². The largest absolute Gasteiger partial charge is 0.478 e. The molecule has 1 aromatic rings. The van der Waals surface area contributed by atoms with Gasteiger partial charge in [0.15, 0.2) is 0 Å². The first-order valence-corrected chi connectivity index (χ1v) is 6.59. The first-order chi connectivity index (χ1) is 9.56. The number of carbonyl (C=O) groups excluding carboxylic acids is 1. The monoisotopic (exact) mass is 298 g/mol. The topological polar surface area (TPSA) is 87.7 Å². The number of hydrogen-bond donors (Lipinski definition) is 3. The lowest BCUT2D eigenvalue weighted by Gasteiger charge is -2.11. The third kappa shape index (κ3) is 3.85. The van der Waals surface area contributed by atoms with Crippen LogP contribution < -0.4 is 10.6 Å². The van der Waals surface area contributed by atoms with Crippen LogP contribution in [0.4, 0.5) is 10.5 Å². The van der Waals surface area contributed by atoms with Gasteiger partial charge in [-0.1, -0.05) is 11.6 Å². The van der Waals surface area contributed by atoms with Gasteiger partial charge in [0, 0.05) is 24.8 Å². The van der Waals surface area contributed by atoms with Crippen molar-refractivity contribution in [3.63, 3.8) is 0 Å². The number of nitrogens with one attached hydrogen (secondary N) is 2. The first-order valence-electron chi connectivity index (χ1n) is 6.21. The molecule has 0 bridgehead atoms. The molecule has 0 saturated carbocycles. The number of urea groups is 1.